The van der Waals surface area contributed by atoms with Gasteiger partial charge in [0.1, 0.15) is 23.4 Å². The maximum Gasteiger partial charge on any atom is 0.326 e. The number of rotatable bonds is 3. The number of aliphatic hydroxyl groups is 1. The number of nitrogens with one attached hydrogen (secondary N) is 1. The Hall–Kier alpha value is -3.45. The molecule has 1 unspecified atom stereocenters. The third-order valence-electron chi connectivity index (χ3n) is 5.88. The normalized spacial score (nSPS) is 17.5. The monoisotopic (exact) mass is 419 g/mol. The van der Waals surface area contributed by atoms with Gasteiger partial charge in [-0.15, -0.1) is 0 Å². The number of benzene rings is 2. The predicted molar refractivity (Wildman–Crippen MR) is 115 cm³/mol. The topological polar surface area (TPSA) is 74.7 Å². The third-order valence-corrected chi connectivity index (χ3v) is 5.88. The Balaban J connectivity index is 1.47. The lowest BCUT2D eigenvalue weighted by atomic mass is 9.97. The average molecular weight is 419 g/mol. The molecule has 2 N–H and O–H groups in total. The van der Waals surface area contributed by atoms with Crippen LogP contribution in [0.3, 0.4) is 0 Å². The molecule has 2 aliphatic rings. The highest BCUT2D eigenvalue weighted by atomic mass is 19.1. The second-order valence-corrected chi connectivity index (χ2v) is 7.93. The van der Waals surface area contributed by atoms with Gasteiger partial charge in [0.15, 0.2) is 0 Å². The van der Waals surface area contributed by atoms with Crippen LogP contribution in [0.15, 0.2) is 48.7 Å². The van der Waals surface area contributed by atoms with E-state index < -0.39 is 6.10 Å². The van der Waals surface area contributed by atoms with E-state index in [9.17, 15) is 14.3 Å². The van der Waals surface area contributed by atoms with Crippen LogP contribution < -0.4 is 15.0 Å². The number of ether oxygens (including phenoxy) is 1. The molecule has 0 saturated carbocycles. The highest BCUT2D eigenvalue weighted by molar-refractivity contribution is 6.05. The number of amides is 2. The molecule has 0 saturated heterocycles. The standard InChI is InChI=1S/C24H22FN3O3/c1-14-9-16-6-7-21(23-18(25)3-2-8-26-23)31-22(16)11-20(14)28-12-17-5-4-15(13-29)10-19(17)27-24(28)30/h2-5,8-11,21,29H,6-7,12-13H2,1H3,(H,27,30). The molecule has 2 aromatic carbocycles. The summed E-state index contributed by atoms with van der Waals surface area (Å²) in [5.74, 6) is 0.272. The number of urea groups is 1. The summed E-state index contributed by atoms with van der Waals surface area (Å²) in [4.78, 5) is 18.7. The van der Waals surface area contributed by atoms with E-state index in [1.165, 1.54) is 6.07 Å². The van der Waals surface area contributed by atoms with E-state index in [0.29, 0.717) is 30.1 Å². The lowest BCUT2D eigenvalue weighted by Crippen LogP contribution is -2.39. The highest BCUT2D eigenvalue weighted by Crippen LogP contribution is 2.40. The number of carbonyl (C=O) groups is 1. The number of carbonyl (C=O) groups excluding carboxylic acids is 1. The zero-order valence-corrected chi connectivity index (χ0v) is 17.1. The van der Waals surface area contributed by atoms with Crippen LogP contribution in [0.5, 0.6) is 5.75 Å². The number of hydrogen-bond acceptors (Lipinski definition) is 4. The molecule has 31 heavy (non-hydrogen) atoms. The quantitative estimate of drug-likeness (QED) is 0.649. The number of aryl methyl sites for hydroxylation is 2. The van der Waals surface area contributed by atoms with Gasteiger partial charge in [-0.1, -0.05) is 18.2 Å². The van der Waals surface area contributed by atoms with Crippen molar-refractivity contribution in [3.63, 3.8) is 0 Å². The first-order chi connectivity index (χ1) is 15.0. The smallest absolute Gasteiger partial charge is 0.326 e. The summed E-state index contributed by atoms with van der Waals surface area (Å²) in [6.45, 7) is 2.30. The Morgan fingerprint density at radius 2 is 2.13 bits per heavy atom. The molecule has 1 aromatic heterocycles. The number of fused-ring (bicyclic) bond motifs is 2. The maximum absolute atomic E-state index is 14.2. The van der Waals surface area contributed by atoms with E-state index in [2.05, 4.69) is 10.3 Å². The van der Waals surface area contributed by atoms with Crippen LogP contribution in [0.2, 0.25) is 0 Å². The summed E-state index contributed by atoms with van der Waals surface area (Å²) in [6.07, 6.45) is 2.49. The Labute approximate surface area is 179 Å². The van der Waals surface area contributed by atoms with Crippen molar-refractivity contribution in [1.82, 2.24) is 4.98 Å². The first-order valence-corrected chi connectivity index (χ1v) is 10.3. The first kappa shape index (κ1) is 19.5. The van der Waals surface area contributed by atoms with Crippen molar-refractivity contribution in [3.05, 3.63) is 82.4 Å². The number of aromatic nitrogens is 1. The SMILES string of the molecule is Cc1cc2c(cc1N1Cc3ccc(CO)cc3NC1=O)OC(c1ncccc1F)CC2. The van der Waals surface area contributed by atoms with Crippen LogP contribution in [0.4, 0.5) is 20.6 Å². The fourth-order valence-corrected chi connectivity index (χ4v) is 4.25. The largest absolute Gasteiger partial charge is 0.484 e. The van der Waals surface area contributed by atoms with Crippen LogP contribution >= 0.6 is 0 Å². The van der Waals surface area contributed by atoms with Crippen LogP contribution in [-0.2, 0) is 19.6 Å². The lowest BCUT2D eigenvalue weighted by molar-refractivity contribution is 0.167. The molecule has 0 spiro atoms. The lowest BCUT2D eigenvalue weighted by Gasteiger charge is -2.33. The zero-order valence-electron chi connectivity index (χ0n) is 17.1. The van der Waals surface area contributed by atoms with Crippen molar-refractivity contribution >= 4 is 17.4 Å². The summed E-state index contributed by atoms with van der Waals surface area (Å²) in [7, 11) is 0. The molecule has 0 bridgehead atoms. The molecule has 0 fully saturated rings. The molecule has 158 valence electrons. The Morgan fingerprint density at radius 3 is 2.94 bits per heavy atom. The van der Waals surface area contributed by atoms with Gasteiger partial charge in [-0.2, -0.15) is 0 Å². The first-order valence-electron chi connectivity index (χ1n) is 10.3. The summed E-state index contributed by atoms with van der Waals surface area (Å²) in [5.41, 5.74) is 5.48. The van der Waals surface area contributed by atoms with Gasteiger partial charge in [-0.25, -0.2) is 9.18 Å². The number of aliphatic hydroxyl groups excluding tert-OH is 1. The minimum atomic E-state index is -0.461. The van der Waals surface area contributed by atoms with Gasteiger partial charge in [0.2, 0.25) is 0 Å². The summed E-state index contributed by atoms with van der Waals surface area (Å²) < 4.78 is 20.3. The van der Waals surface area contributed by atoms with E-state index in [0.717, 1.165) is 34.4 Å². The zero-order chi connectivity index (χ0) is 21.5. The summed E-state index contributed by atoms with van der Waals surface area (Å²) in [6, 6.07) is 12.2. The summed E-state index contributed by atoms with van der Waals surface area (Å²) in [5, 5.41) is 12.2. The molecular formula is C24H22FN3O3. The second kappa shape index (κ2) is 7.67. The van der Waals surface area contributed by atoms with E-state index >= 15 is 0 Å². The van der Waals surface area contributed by atoms with Crippen LogP contribution in [0.25, 0.3) is 0 Å². The number of nitrogens with zero attached hydrogens (tertiary/aromatic N) is 2. The molecule has 7 heteroatoms. The van der Waals surface area contributed by atoms with Gasteiger partial charge in [-0.3, -0.25) is 9.88 Å². The molecule has 3 heterocycles. The van der Waals surface area contributed by atoms with Gasteiger partial charge in [0.05, 0.1) is 18.8 Å². The van der Waals surface area contributed by atoms with Crippen LogP contribution in [0.1, 0.15) is 40.5 Å². The van der Waals surface area contributed by atoms with Gasteiger partial charge in [-0.05, 0) is 60.2 Å². The van der Waals surface area contributed by atoms with E-state index in [4.69, 9.17) is 4.74 Å². The van der Waals surface area contributed by atoms with Crippen molar-refractivity contribution in [2.24, 2.45) is 0 Å². The van der Waals surface area contributed by atoms with E-state index in [-0.39, 0.29) is 18.5 Å². The minimum Gasteiger partial charge on any atom is -0.484 e. The second-order valence-electron chi connectivity index (χ2n) is 7.93. The van der Waals surface area contributed by atoms with E-state index in [1.807, 2.05) is 31.2 Å². The Bertz CT molecular complexity index is 1180. The van der Waals surface area contributed by atoms with Crippen molar-refractivity contribution in [1.29, 1.82) is 0 Å². The fraction of sp³-hybridized carbons (Fsp3) is 0.250. The molecule has 2 amide bonds. The van der Waals surface area contributed by atoms with Gasteiger partial charge in [0, 0.05) is 18.0 Å². The fourth-order valence-electron chi connectivity index (χ4n) is 4.25. The van der Waals surface area contributed by atoms with E-state index in [1.54, 1.807) is 23.2 Å². The maximum atomic E-state index is 14.2. The van der Waals surface area contributed by atoms with Crippen LogP contribution in [0, 0.1) is 12.7 Å². The predicted octanol–water partition coefficient (Wildman–Crippen LogP) is 4.64. The molecular weight excluding hydrogens is 397 g/mol. The molecule has 6 nitrogen and oxygen atoms in total. The van der Waals surface area contributed by atoms with Crippen molar-refractivity contribution in [3.8, 4) is 5.75 Å². The molecule has 5 rings (SSSR count). The molecule has 2 aliphatic heterocycles. The highest BCUT2D eigenvalue weighted by Gasteiger charge is 2.29. The molecule has 1 atom stereocenters. The van der Waals surface area contributed by atoms with Crippen molar-refractivity contribution in [2.75, 3.05) is 10.2 Å². The molecule has 0 radical (unpaired) electrons. The molecule has 0 aliphatic carbocycles. The number of pyridine rings is 1. The Kier molecular flexibility index (Phi) is 4.82. The van der Waals surface area contributed by atoms with Gasteiger partial charge >= 0.3 is 6.03 Å². The van der Waals surface area contributed by atoms with Crippen LogP contribution in [-0.4, -0.2) is 16.1 Å². The van der Waals surface area contributed by atoms with Gasteiger partial charge < -0.3 is 15.2 Å². The summed E-state index contributed by atoms with van der Waals surface area (Å²) >= 11 is 0. The number of hydrogen-bond donors (Lipinski definition) is 2. The molecule has 3 aromatic rings. The minimum absolute atomic E-state index is 0.0772. The number of halogens is 1. The average Bonchev–Trinajstić information content (AvgIpc) is 2.78. The van der Waals surface area contributed by atoms with Crippen molar-refractivity contribution < 1.29 is 19.0 Å². The third kappa shape index (κ3) is 3.51. The van der Waals surface area contributed by atoms with Gasteiger partial charge in [0.25, 0.3) is 0 Å². The van der Waals surface area contributed by atoms with Crippen molar-refractivity contribution in [2.45, 2.75) is 39.0 Å². The number of anilines is 2. The Morgan fingerprint density at radius 1 is 1.26 bits per heavy atom.